The number of carbonyl (C=O) groups is 1. The van der Waals surface area contributed by atoms with Gasteiger partial charge in [0.15, 0.2) is 0 Å². The van der Waals surface area contributed by atoms with Gasteiger partial charge in [-0.2, -0.15) is 0 Å². The molecule has 1 aromatic heterocycles. The number of nitrogens with one attached hydrogen (secondary N) is 1. The van der Waals surface area contributed by atoms with Crippen molar-refractivity contribution in [3.63, 3.8) is 0 Å². The number of pyridine rings is 1. The summed E-state index contributed by atoms with van der Waals surface area (Å²) in [4.78, 5) is 18.7. The number of aliphatic imine (C=N–C) groups is 1. The topological polar surface area (TPSA) is 54.4 Å². The highest BCUT2D eigenvalue weighted by molar-refractivity contribution is 6.34. The highest BCUT2D eigenvalue weighted by Crippen LogP contribution is 2.27. The lowest BCUT2D eigenvalue weighted by molar-refractivity contribution is -0.106. The van der Waals surface area contributed by atoms with Gasteiger partial charge in [0, 0.05) is 28.7 Å². The predicted molar refractivity (Wildman–Crippen MR) is 99.7 cm³/mol. The van der Waals surface area contributed by atoms with Crippen molar-refractivity contribution in [2.75, 3.05) is 6.54 Å². The standard InChI is InChI=1S/C19H18ClN3O/c1-2-6-16(14-21-11-12-24)23-15-7-5-8-17(18(20)13-15)19-9-3-4-10-22-19/h2-7,9-10,12-14,23H,1,8,11H2/b16-6+,21-14?. The van der Waals surface area contributed by atoms with Crippen LogP contribution >= 0.6 is 11.6 Å². The van der Waals surface area contributed by atoms with Crippen molar-refractivity contribution < 1.29 is 4.79 Å². The molecule has 24 heavy (non-hydrogen) atoms. The Morgan fingerprint density at radius 1 is 1.46 bits per heavy atom. The Balaban J connectivity index is 2.24. The lowest BCUT2D eigenvalue weighted by Crippen LogP contribution is -2.12. The van der Waals surface area contributed by atoms with E-state index in [1.807, 2.05) is 36.4 Å². The van der Waals surface area contributed by atoms with Crippen LogP contribution in [0.2, 0.25) is 0 Å². The molecule has 0 fully saturated rings. The fraction of sp³-hybridized carbons (Fsp3) is 0.105. The van der Waals surface area contributed by atoms with Crippen LogP contribution in [0.1, 0.15) is 12.1 Å². The fourth-order valence-corrected chi connectivity index (χ4v) is 2.42. The molecular weight excluding hydrogens is 322 g/mol. The van der Waals surface area contributed by atoms with Crippen LogP contribution < -0.4 is 5.32 Å². The van der Waals surface area contributed by atoms with Crippen molar-refractivity contribution in [2.24, 2.45) is 4.99 Å². The first-order valence-electron chi connectivity index (χ1n) is 7.46. The molecule has 1 aliphatic carbocycles. The molecule has 1 N–H and O–H groups in total. The molecular formula is C19H18ClN3O. The zero-order valence-electron chi connectivity index (χ0n) is 13.2. The molecule has 4 nitrogen and oxygen atoms in total. The Kier molecular flexibility index (Phi) is 6.92. The fourth-order valence-electron chi connectivity index (χ4n) is 2.12. The molecule has 1 aromatic rings. The Bertz CT molecular complexity index is 743. The van der Waals surface area contributed by atoms with Crippen LogP contribution in [0.25, 0.3) is 5.57 Å². The molecule has 1 heterocycles. The molecule has 0 radical (unpaired) electrons. The van der Waals surface area contributed by atoms with Gasteiger partial charge in [-0.3, -0.25) is 9.98 Å². The summed E-state index contributed by atoms with van der Waals surface area (Å²) in [6.07, 6.45) is 14.0. The Morgan fingerprint density at radius 2 is 2.33 bits per heavy atom. The quantitative estimate of drug-likeness (QED) is 0.467. The average Bonchev–Trinajstić information content (AvgIpc) is 2.77. The third-order valence-corrected chi connectivity index (χ3v) is 3.50. The van der Waals surface area contributed by atoms with Gasteiger partial charge in [-0.25, -0.2) is 0 Å². The van der Waals surface area contributed by atoms with E-state index in [1.54, 1.807) is 24.6 Å². The van der Waals surface area contributed by atoms with E-state index < -0.39 is 0 Å². The summed E-state index contributed by atoms with van der Waals surface area (Å²) in [5.41, 5.74) is 3.36. The monoisotopic (exact) mass is 339 g/mol. The zero-order valence-corrected chi connectivity index (χ0v) is 13.9. The van der Waals surface area contributed by atoms with Gasteiger partial charge in [0.25, 0.3) is 0 Å². The number of carbonyl (C=O) groups excluding carboxylic acids is 1. The van der Waals surface area contributed by atoms with Gasteiger partial charge < -0.3 is 10.1 Å². The maximum Gasteiger partial charge on any atom is 0.141 e. The Labute approximate surface area is 146 Å². The van der Waals surface area contributed by atoms with Crippen LogP contribution in [0.4, 0.5) is 0 Å². The highest BCUT2D eigenvalue weighted by Gasteiger charge is 2.10. The lowest BCUT2D eigenvalue weighted by atomic mass is 10.1. The molecule has 0 saturated heterocycles. The molecule has 0 unspecified atom stereocenters. The molecule has 0 bridgehead atoms. The Hall–Kier alpha value is -2.72. The number of aromatic nitrogens is 1. The molecule has 0 spiro atoms. The third kappa shape index (κ3) is 5.18. The second-order valence-corrected chi connectivity index (χ2v) is 5.30. The van der Waals surface area contributed by atoms with Crippen molar-refractivity contribution >= 4 is 29.7 Å². The minimum Gasteiger partial charge on any atom is -0.354 e. The minimum atomic E-state index is 0.121. The van der Waals surface area contributed by atoms with Crippen molar-refractivity contribution in [3.05, 3.63) is 83.5 Å². The normalized spacial score (nSPS) is 15.2. The molecule has 0 aliphatic heterocycles. The second kappa shape index (κ2) is 9.43. The maximum absolute atomic E-state index is 10.4. The summed E-state index contributed by atoms with van der Waals surface area (Å²) >= 11 is 6.47. The molecule has 2 rings (SSSR count). The van der Waals surface area contributed by atoms with E-state index in [0.717, 1.165) is 23.3 Å². The van der Waals surface area contributed by atoms with E-state index >= 15 is 0 Å². The minimum absolute atomic E-state index is 0.121. The second-order valence-electron chi connectivity index (χ2n) is 4.89. The van der Waals surface area contributed by atoms with Crippen LogP contribution in [0, 0.1) is 0 Å². The first-order valence-corrected chi connectivity index (χ1v) is 7.84. The van der Waals surface area contributed by atoms with Crippen LogP contribution in [-0.4, -0.2) is 24.0 Å². The summed E-state index contributed by atoms with van der Waals surface area (Å²) < 4.78 is 0. The molecule has 0 amide bonds. The van der Waals surface area contributed by atoms with E-state index in [1.165, 1.54) is 0 Å². The van der Waals surface area contributed by atoms with Gasteiger partial charge in [0.2, 0.25) is 0 Å². The molecule has 0 atom stereocenters. The van der Waals surface area contributed by atoms with Gasteiger partial charge >= 0.3 is 0 Å². The van der Waals surface area contributed by atoms with Gasteiger partial charge in [-0.05, 0) is 36.8 Å². The van der Waals surface area contributed by atoms with Gasteiger partial charge in [0.05, 0.1) is 17.9 Å². The molecule has 1 aliphatic rings. The van der Waals surface area contributed by atoms with E-state index in [4.69, 9.17) is 11.6 Å². The van der Waals surface area contributed by atoms with Crippen molar-refractivity contribution in [1.29, 1.82) is 0 Å². The molecule has 0 aromatic carbocycles. The van der Waals surface area contributed by atoms with E-state index in [2.05, 4.69) is 21.9 Å². The summed E-state index contributed by atoms with van der Waals surface area (Å²) in [7, 11) is 0. The number of hydrogen-bond donors (Lipinski definition) is 1. The summed E-state index contributed by atoms with van der Waals surface area (Å²) in [5.74, 6) is 0. The zero-order chi connectivity index (χ0) is 17.2. The highest BCUT2D eigenvalue weighted by atomic mass is 35.5. The van der Waals surface area contributed by atoms with Crippen molar-refractivity contribution in [2.45, 2.75) is 6.42 Å². The number of aldehydes is 1. The lowest BCUT2D eigenvalue weighted by Gasteiger charge is -2.07. The van der Waals surface area contributed by atoms with Crippen LogP contribution in [0.3, 0.4) is 0 Å². The van der Waals surface area contributed by atoms with Crippen molar-refractivity contribution in [1.82, 2.24) is 10.3 Å². The van der Waals surface area contributed by atoms with Gasteiger partial charge in [-0.15, -0.1) is 0 Å². The largest absolute Gasteiger partial charge is 0.354 e. The molecule has 122 valence electrons. The predicted octanol–water partition coefficient (Wildman–Crippen LogP) is 3.80. The van der Waals surface area contributed by atoms with E-state index in [9.17, 15) is 4.79 Å². The van der Waals surface area contributed by atoms with E-state index in [-0.39, 0.29) is 6.54 Å². The smallest absolute Gasteiger partial charge is 0.141 e. The van der Waals surface area contributed by atoms with Crippen molar-refractivity contribution in [3.8, 4) is 0 Å². The van der Waals surface area contributed by atoms with Crippen LogP contribution in [0.5, 0.6) is 0 Å². The van der Waals surface area contributed by atoms with Gasteiger partial charge in [0.1, 0.15) is 6.29 Å². The van der Waals surface area contributed by atoms with E-state index in [0.29, 0.717) is 17.2 Å². The maximum atomic E-state index is 10.4. The third-order valence-electron chi connectivity index (χ3n) is 3.16. The van der Waals surface area contributed by atoms with Crippen LogP contribution in [0.15, 0.2) is 82.8 Å². The number of rotatable bonds is 7. The number of nitrogens with zero attached hydrogens (tertiary/aromatic N) is 2. The number of allylic oxidation sites excluding steroid dienone is 8. The first kappa shape index (κ1) is 17.6. The Morgan fingerprint density at radius 3 is 3.04 bits per heavy atom. The van der Waals surface area contributed by atoms with Gasteiger partial charge in [-0.1, -0.05) is 36.4 Å². The summed E-state index contributed by atoms with van der Waals surface area (Å²) in [5, 5.41) is 3.85. The summed E-state index contributed by atoms with van der Waals surface area (Å²) in [6.45, 7) is 3.80. The number of halogens is 1. The molecule has 5 heteroatoms. The number of hydrogen-bond acceptors (Lipinski definition) is 4. The summed E-state index contributed by atoms with van der Waals surface area (Å²) in [6, 6.07) is 5.75. The molecule has 0 saturated carbocycles. The van der Waals surface area contributed by atoms with Crippen LogP contribution in [-0.2, 0) is 4.79 Å². The SMILES string of the molecule is C=C/C=C(\C=NCC=O)NC1=CC(Cl)=C(c2ccccn2)CC=C1. The first-order chi connectivity index (χ1) is 11.7. The average molecular weight is 340 g/mol.